The molecule has 0 unspecified atom stereocenters. The minimum atomic E-state index is -1.38. The SMILES string of the molecule is C=C/C(F)=C(F)\C=C(/CF)C(=O)Cn1ccoc1=N. The first-order valence-electron chi connectivity index (χ1n) is 5.15. The molecule has 0 amide bonds. The van der Waals surface area contributed by atoms with Gasteiger partial charge in [-0.2, -0.15) is 0 Å². The number of nitrogens with one attached hydrogen (secondary N) is 1. The van der Waals surface area contributed by atoms with Crippen LogP contribution in [-0.2, 0) is 11.3 Å². The van der Waals surface area contributed by atoms with Gasteiger partial charge in [0.15, 0.2) is 17.4 Å². The van der Waals surface area contributed by atoms with Gasteiger partial charge in [0.2, 0.25) is 0 Å². The smallest absolute Gasteiger partial charge is 0.294 e. The van der Waals surface area contributed by atoms with Crippen LogP contribution in [0.5, 0.6) is 0 Å². The molecule has 0 aliphatic carbocycles. The normalized spacial score (nSPS) is 13.1. The molecule has 0 aromatic carbocycles. The van der Waals surface area contributed by atoms with E-state index >= 15 is 0 Å². The van der Waals surface area contributed by atoms with E-state index in [1.807, 2.05) is 0 Å². The van der Waals surface area contributed by atoms with Crippen LogP contribution in [0.25, 0.3) is 0 Å². The van der Waals surface area contributed by atoms with Gasteiger partial charge in [0.05, 0.1) is 6.54 Å². The van der Waals surface area contributed by atoms with Crippen molar-refractivity contribution in [2.75, 3.05) is 6.67 Å². The topological polar surface area (TPSA) is 59.0 Å². The van der Waals surface area contributed by atoms with Crippen molar-refractivity contribution in [1.82, 2.24) is 4.57 Å². The number of aromatic nitrogens is 1. The van der Waals surface area contributed by atoms with Crippen LogP contribution in [0, 0.1) is 5.41 Å². The Kier molecular flexibility index (Phi) is 5.11. The van der Waals surface area contributed by atoms with Gasteiger partial charge >= 0.3 is 0 Å². The minimum absolute atomic E-state index is 0.306. The predicted octanol–water partition coefficient (Wildman–Crippen LogP) is 2.36. The lowest BCUT2D eigenvalue weighted by atomic mass is 10.1. The van der Waals surface area contributed by atoms with E-state index in [0.29, 0.717) is 12.2 Å². The monoisotopic (exact) mass is 272 g/mol. The van der Waals surface area contributed by atoms with E-state index in [9.17, 15) is 18.0 Å². The molecule has 0 aliphatic heterocycles. The summed E-state index contributed by atoms with van der Waals surface area (Å²) < 4.78 is 44.3. The van der Waals surface area contributed by atoms with Crippen LogP contribution >= 0.6 is 0 Å². The number of oxazole rings is 1. The zero-order valence-electron chi connectivity index (χ0n) is 9.83. The number of Topliss-reactive ketones (excluding diaryl/α,β-unsaturated/α-hetero) is 1. The second-order valence-corrected chi connectivity index (χ2v) is 3.46. The van der Waals surface area contributed by atoms with Crippen molar-refractivity contribution in [3.8, 4) is 0 Å². The molecular weight excluding hydrogens is 261 g/mol. The van der Waals surface area contributed by atoms with Crippen molar-refractivity contribution in [3.63, 3.8) is 0 Å². The number of ketones is 1. The number of rotatable bonds is 6. The van der Waals surface area contributed by atoms with Gasteiger partial charge in [-0.25, -0.2) is 13.2 Å². The molecular formula is C12H11F3N2O2. The molecule has 0 atom stereocenters. The van der Waals surface area contributed by atoms with Crippen LogP contribution in [0.3, 0.4) is 0 Å². The summed E-state index contributed by atoms with van der Waals surface area (Å²) in [5.41, 5.74) is -0.845. The zero-order chi connectivity index (χ0) is 14.4. The summed E-state index contributed by atoms with van der Waals surface area (Å²) in [4.78, 5) is 11.6. The highest BCUT2D eigenvalue weighted by atomic mass is 19.2. The highest BCUT2D eigenvalue weighted by Gasteiger charge is 2.13. The third kappa shape index (κ3) is 3.84. The molecule has 0 radical (unpaired) electrons. The molecule has 1 rings (SSSR count). The van der Waals surface area contributed by atoms with Crippen molar-refractivity contribution in [1.29, 1.82) is 5.41 Å². The average Bonchev–Trinajstić information content (AvgIpc) is 2.80. The fraction of sp³-hybridized carbons (Fsp3) is 0.167. The number of hydrogen-bond acceptors (Lipinski definition) is 3. The van der Waals surface area contributed by atoms with Crippen LogP contribution in [0.15, 0.2) is 52.8 Å². The Morgan fingerprint density at radius 3 is 2.63 bits per heavy atom. The van der Waals surface area contributed by atoms with Crippen molar-refractivity contribution in [2.24, 2.45) is 0 Å². The first-order valence-corrected chi connectivity index (χ1v) is 5.15. The molecule has 1 heterocycles. The summed E-state index contributed by atoms with van der Waals surface area (Å²) in [6.07, 6.45) is 3.56. The van der Waals surface area contributed by atoms with Gasteiger partial charge in [0.25, 0.3) is 5.68 Å². The van der Waals surface area contributed by atoms with Gasteiger partial charge < -0.3 is 4.42 Å². The maximum absolute atomic E-state index is 13.1. The Labute approximate surface area is 106 Å². The lowest BCUT2D eigenvalue weighted by Gasteiger charge is -2.02. The lowest BCUT2D eigenvalue weighted by Crippen LogP contribution is -2.21. The Balaban J connectivity index is 2.95. The summed E-state index contributed by atoms with van der Waals surface area (Å²) in [6, 6.07) is 0. The van der Waals surface area contributed by atoms with E-state index in [0.717, 1.165) is 4.57 Å². The van der Waals surface area contributed by atoms with Crippen molar-refractivity contribution in [3.05, 3.63) is 54.1 Å². The summed E-state index contributed by atoms with van der Waals surface area (Å²) in [5.74, 6) is -3.44. The third-order valence-corrected chi connectivity index (χ3v) is 2.21. The first kappa shape index (κ1) is 14.7. The molecule has 102 valence electrons. The molecule has 0 saturated carbocycles. The first-order chi connectivity index (χ1) is 8.99. The van der Waals surface area contributed by atoms with Gasteiger partial charge in [-0.1, -0.05) is 6.58 Å². The highest BCUT2D eigenvalue weighted by molar-refractivity contribution is 5.95. The number of carbonyl (C=O) groups is 1. The van der Waals surface area contributed by atoms with Gasteiger partial charge in [-0.15, -0.1) is 0 Å². The summed E-state index contributed by atoms with van der Waals surface area (Å²) >= 11 is 0. The molecule has 0 aliphatic rings. The molecule has 19 heavy (non-hydrogen) atoms. The van der Waals surface area contributed by atoms with E-state index in [-0.39, 0.29) is 5.68 Å². The second-order valence-electron chi connectivity index (χ2n) is 3.46. The van der Waals surface area contributed by atoms with Crippen molar-refractivity contribution in [2.45, 2.75) is 6.54 Å². The van der Waals surface area contributed by atoms with Crippen LogP contribution in [0.4, 0.5) is 13.2 Å². The van der Waals surface area contributed by atoms with Gasteiger partial charge in [0, 0.05) is 11.8 Å². The molecule has 7 heteroatoms. The Bertz CT molecular complexity index is 596. The molecule has 1 N–H and O–H groups in total. The molecule has 1 aromatic heterocycles. The minimum Gasteiger partial charge on any atom is -0.432 e. The van der Waals surface area contributed by atoms with Crippen LogP contribution in [0.1, 0.15) is 0 Å². The third-order valence-electron chi connectivity index (χ3n) is 2.21. The number of nitrogens with zero attached hydrogens (tertiary/aromatic N) is 1. The van der Waals surface area contributed by atoms with Crippen molar-refractivity contribution >= 4 is 5.78 Å². The van der Waals surface area contributed by atoms with Crippen molar-refractivity contribution < 1.29 is 22.4 Å². The van der Waals surface area contributed by atoms with E-state index < -0.39 is 36.2 Å². The number of allylic oxidation sites excluding steroid dienone is 5. The highest BCUT2D eigenvalue weighted by Crippen LogP contribution is 2.14. The number of halogens is 3. The Hall–Kier alpha value is -2.31. The molecule has 0 bridgehead atoms. The molecule has 1 aromatic rings. The van der Waals surface area contributed by atoms with Gasteiger partial charge in [0.1, 0.15) is 12.9 Å². The Morgan fingerprint density at radius 2 is 2.16 bits per heavy atom. The zero-order valence-corrected chi connectivity index (χ0v) is 9.83. The predicted molar refractivity (Wildman–Crippen MR) is 61.1 cm³/mol. The van der Waals surface area contributed by atoms with E-state index in [1.165, 1.54) is 12.5 Å². The molecule has 0 fully saturated rings. The lowest BCUT2D eigenvalue weighted by molar-refractivity contribution is -0.116. The average molecular weight is 272 g/mol. The van der Waals surface area contributed by atoms with Crippen LogP contribution < -0.4 is 5.68 Å². The number of hydrogen-bond donors (Lipinski definition) is 1. The standard InChI is InChI=1S/C12H11F3N2O2/c1-2-9(14)10(15)5-8(6-13)11(18)7-17-3-4-19-12(17)16/h2-5,16H,1,6-7H2/b8-5+,10-9-,16-12?. The van der Waals surface area contributed by atoms with E-state index in [1.54, 1.807) is 0 Å². The fourth-order valence-corrected chi connectivity index (χ4v) is 1.20. The Morgan fingerprint density at radius 1 is 1.47 bits per heavy atom. The maximum atomic E-state index is 13.1. The number of carbonyl (C=O) groups excluding carboxylic acids is 1. The fourth-order valence-electron chi connectivity index (χ4n) is 1.20. The van der Waals surface area contributed by atoms with Gasteiger partial charge in [-0.05, 0) is 12.2 Å². The summed E-state index contributed by atoms with van der Waals surface area (Å²) in [5, 5.41) is 7.26. The van der Waals surface area contributed by atoms with Crippen LogP contribution in [-0.4, -0.2) is 17.0 Å². The largest absolute Gasteiger partial charge is 0.432 e. The second kappa shape index (κ2) is 6.58. The van der Waals surface area contributed by atoms with Crippen LogP contribution in [0.2, 0.25) is 0 Å². The molecule has 4 nitrogen and oxygen atoms in total. The molecule has 0 spiro atoms. The van der Waals surface area contributed by atoms with Gasteiger partial charge in [-0.3, -0.25) is 14.8 Å². The summed E-state index contributed by atoms with van der Waals surface area (Å²) in [6.45, 7) is 1.37. The quantitative estimate of drug-likeness (QED) is 0.638. The number of alkyl halides is 1. The molecule has 0 saturated heterocycles. The van der Waals surface area contributed by atoms with E-state index in [2.05, 4.69) is 11.0 Å². The maximum Gasteiger partial charge on any atom is 0.294 e. The van der Waals surface area contributed by atoms with E-state index in [4.69, 9.17) is 5.41 Å². The summed E-state index contributed by atoms with van der Waals surface area (Å²) in [7, 11) is 0.